The number of carbonyl (C=O) groups is 1. The summed E-state index contributed by atoms with van der Waals surface area (Å²) in [6.07, 6.45) is -4.49. The molecule has 106 valence electrons. The fourth-order valence-corrected chi connectivity index (χ4v) is 1.72. The van der Waals surface area contributed by atoms with Gasteiger partial charge in [-0.25, -0.2) is 9.48 Å². The Morgan fingerprint density at radius 3 is 2.70 bits per heavy atom. The zero-order chi connectivity index (χ0) is 14.9. The number of ether oxygens (including phenoxy) is 1. The fraction of sp³-hybridized carbons (Fsp3) is 0.182. The highest BCUT2D eigenvalue weighted by atomic mass is 35.5. The SMILES string of the molecule is COC(=O)c1nnn(-c2cccc(C(F)(F)F)c2)c1Cl. The molecule has 0 aliphatic rings. The second kappa shape index (κ2) is 5.12. The molecule has 5 nitrogen and oxygen atoms in total. The van der Waals surface area contributed by atoms with Gasteiger partial charge in [0.2, 0.25) is 5.69 Å². The maximum absolute atomic E-state index is 12.6. The molecular formula is C11H7ClF3N3O2. The van der Waals surface area contributed by atoms with Gasteiger partial charge in [0.25, 0.3) is 0 Å². The van der Waals surface area contributed by atoms with Gasteiger partial charge in [-0.1, -0.05) is 22.9 Å². The molecule has 1 heterocycles. The molecule has 0 N–H and O–H groups in total. The van der Waals surface area contributed by atoms with Crippen LogP contribution < -0.4 is 0 Å². The number of halogens is 4. The first kappa shape index (κ1) is 14.3. The number of methoxy groups -OCH3 is 1. The monoisotopic (exact) mass is 305 g/mol. The first-order valence-corrected chi connectivity index (χ1v) is 5.59. The Morgan fingerprint density at radius 1 is 1.40 bits per heavy atom. The molecule has 2 aromatic rings. The highest BCUT2D eigenvalue weighted by Crippen LogP contribution is 2.30. The van der Waals surface area contributed by atoms with E-state index in [0.717, 1.165) is 23.9 Å². The Morgan fingerprint density at radius 2 is 2.10 bits per heavy atom. The van der Waals surface area contributed by atoms with Gasteiger partial charge >= 0.3 is 12.1 Å². The summed E-state index contributed by atoms with van der Waals surface area (Å²) in [5.41, 5.74) is -1.10. The smallest absolute Gasteiger partial charge is 0.416 e. The molecule has 0 saturated heterocycles. The van der Waals surface area contributed by atoms with Gasteiger partial charge in [0.05, 0.1) is 18.4 Å². The molecule has 2 rings (SSSR count). The zero-order valence-electron chi connectivity index (χ0n) is 9.98. The molecule has 20 heavy (non-hydrogen) atoms. The van der Waals surface area contributed by atoms with E-state index in [0.29, 0.717) is 0 Å². The van der Waals surface area contributed by atoms with Crippen molar-refractivity contribution in [2.45, 2.75) is 6.18 Å². The summed E-state index contributed by atoms with van der Waals surface area (Å²) in [5.74, 6) is -0.826. The Balaban J connectivity index is 2.48. The average molecular weight is 306 g/mol. The highest BCUT2D eigenvalue weighted by molar-refractivity contribution is 6.32. The quantitative estimate of drug-likeness (QED) is 0.801. The summed E-state index contributed by atoms with van der Waals surface area (Å²) < 4.78 is 43.2. The van der Waals surface area contributed by atoms with Crippen molar-refractivity contribution in [1.82, 2.24) is 15.0 Å². The number of hydrogen-bond donors (Lipinski definition) is 0. The van der Waals surface area contributed by atoms with Crippen molar-refractivity contribution in [2.75, 3.05) is 7.11 Å². The lowest BCUT2D eigenvalue weighted by Crippen LogP contribution is -2.07. The largest absolute Gasteiger partial charge is 0.464 e. The van der Waals surface area contributed by atoms with E-state index in [2.05, 4.69) is 15.0 Å². The third kappa shape index (κ3) is 2.60. The molecule has 0 fully saturated rings. The van der Waals surface area contributed by atoms with Gasteiger partial charge in [0, 0.05) is 0 Å². The van der Waals surface area contributed by atoms with Crippen LogP contribution in [0.5, 0.6) is 0 Å². The Kier molecular flexibility index (Phi) is 3.67. The first-order chi connectivity index (χ1) is 9.34. The maximum Gasteiger partial charge on any atom is 0.416 e. The molecule has 0 atom stereocenters. The molecular weight excluding hydrogens is 299 g/mol. The molecule has 0 bridgehead atoms. The molecule has 0 spiro atoms. The maximum atomic E-state index is 12.6. The predicted molar refractivity (Wildman–Crippen MR) is 62.7 cm³/mol. The van der Waals surface area contributed by atoms with E-state index in [1.807, 2.05) is 0 Å². The van der Waals surface area contributed by atoms with Crippen LogP contribution >= 0.6 is 11.6 Å². The Labute approximate surface area is 115 Å². The predicted octanol–water partition coefficient (Wildman–Crippen LogP) is 2.73. The van der Waals surface area contributed by atoms with E-state index < -0.39 is 17.7 Å². The van der Waals surface area contributed by atoms with Gasteiger partial charge < -0.3 is 4.74 Å². The van der Waals surface area contributed by atoms with E-state index >= 15 is 0 Å². The van der Waals surface area contributed by atoms with Crippen LogP contribution in [0.15, 0.2) is 24.3 Å². The van der Waals surface area contributed by atoms with Crippen molar-refractivity contribution in [3.8, 4) is 5.69 Å². The molecule has 0 aliphatic carbocycles. The van der Waals surface area contributed by atoms with Crippen LogP contribution in [0.25, 0.3) is 5.69 Å². The van der Waals surface area contributed by atoms with Gasteiger partial charge in [0.15, 0.2) is 5.15 Å². The van der Waals surface area contributed by atoms with E-state index in [-0.39, 0.29) is 16.5 Å². The van der Waals surface area contributed by atoms with Gasteiger partial charge in [0.1, 0.15) is 0 Å². The number of esters is 1. The molecule has 0 saturated carbocycles. The highest BCUT2D eigenvalue weighted by Gasteiger charge is 2.31. The van der Waals surface area contributed by atoms with Crippen LogP contribution in [0.4, 0.5) is 13.2 Å². The normalized spacial score (nSPS) is 11.4. The van der Waals surface area contributed by atoms with Crippen molar-refractivity contribution < 1.29 is 22.7 Å². The second-order valence-electron chi connectivity index (χ2n) is 3.68. The van der Waals surface area contributed by atoms with Gasteiger partial charge in [-0.3, -0.25) is 0 Å². The minimum absolute atomic E-state index is 0.0347. The lowest BCUT2D eigenvalue weighted by atomic mass is 10.2. The van der Waals surface area contributed by atoms with Gasteiger partial charge in [-0.2, -0.15) is 13.2 Å². The molecule has 1 aromatic carbocycles. The third-order valence-electron chi connectivity index (χ3n) is 2.41. The number of carbonyl (C=O) groups excluding carboxylic acids is 1. The molecule has 0 amide bonds. The molecule has 0 unspecified atom stereocenters. The molecule has 1 aromatic heterocycles. The Hall–Kier alpha value is -2.09. The average Bonchev–Trinajstić information content (AvgIpc) is 2.79. The number of rotatable bonds is 2. The number of aromatic nitrogens is 3. The summed E-state index contributed by atoms with van der Waals surface area (Å²) in [4.78, 5) is 11.3. The summed E-state index contributed by atoms with van der Waals surface area (Å²) in [7, 11) is 1.13. The minimum Gasteiger partial charge on any atom is -0.464 e. The first-order valence-electron chi connectivity index (χ1n) is 5.21. The van der Waals surface area contributed by atoms with E-state index in [4.69, 9.17) is 11.6 Å². The summed E-state index contributed by atoms with van der Waals surface area (Å²) in [6, 6.07) is 4.32. The second-order valence-corrected chi connectivity index (χ2v) is 4.04. The number of hydrogen-bond acceptors (Lipinski definition) is 4. The fourth-order valence-electron chi connectivity index (χ4n) is 1.47. The molecule has 9 heteroatoms. The minimum atomic E-state index is -4.49. The van der Waals surface area contributed by atoms with Crippen LogP contribution in [0.2, 0.25) is 5.15 Å². The van der Waals surface area contributed by atoms with E-state index in [1.54, 1.807) is 0 Å². The van der Waals surface area contributed by atoms with Crippen molar-refractivity contribution in [3.05, 3.63) is 40.7 Å². The van der Waals surface area contributed by atoms with Crippen LogP contribution in [0.3, 0.4) is 0 Å². The third-order valence-corrected chi connectivity index (χ3v) is 2.75. The van der Waals surface area contributed by atoms with Gasteiger partial charge in [-0.05, 0) is 18.2 Å². The zero-order valence-corrected chi connectivity index (χ0v) is 10.7. The van der Waals surface area contributed by atoms with Crippen LogP contribution in [-0.4, -0.2) is 28.1 Å². The Bertz CT molecular complexity index is 655. The lowest BCUT2D eigenvalue weighted by molar-refractivity contribution is -0.137. The summed E-state index contributed by atoms with van der Waals surface area (Å²) in [5, 5.41) is 6.80. The van der Waals surface area contributed by atoms with Crippen molar-refractivity contribution in [3.63, 3.8) is 0 Å². The van der Waals surface area contributed by atoms with E-state index in [9.17, 15) is 18.0 Å². The summed E-state index contributed by atoms with van der Waals surface area (Å²) in [6.45, 7) is 0. The van der Waals surface area contributed by atoms with Crippen molar-refractivity contribution in [1.29, 1.82) is 0 Å². The van der Waals surface area contributed by atoms with Crippen LogP contribution in [0, 0.1) is 0 Å². The summed E-state index contributed by atoms with van der Waals surface area (Å²) >= 11 is 5.85. The number of nitrogens with zero attached hydrogens (tertiary/aromatic N) is 3. The van der Waals surface area contributed by atoms with Crippen LogP contribution in [0.1, 0.15) is 16.1 Å². The topological polar surface area (TPSA) is 57.0 Å². The van der Waals surface area contributed by atoms with Crippen molar-refractivity contribution >= 4 is 17.6 Å². The number of benzene rings is 1. The van der Waals surface area contributed by atoms with Gasteiger partial charge in [-0.15, -0.1) is 5.10 Å². The standard InChI is InChI=1S/C11H7ClF3N3O2/c1-20-10(19)8-9(12)18(17-16-8)7-4-2-3-6(5-7)11(13,14)15/h2-5H,1H3. The molecule has 0 radical (unpaired) electrons. The van der Waals surface area contributed by atoms with E-state index in [1.165, 1.54) is 12.1 Å². The van der Waals surface area contributed by atoms with Crippen molar-refractivity contribution in [2.24, 2.45) is 0 Å². The lowest BCUT2D eigenvalue weighted by Gasteiger charge is -2.08. The number of alkyl halides is 3. The van der Waals surface area contributed by atoms with Crippen LogP contribution in [-0.2, 0) is 10.9 Å². The molecule has 0 aliphatic heterocycles.